The second-order valence-electron chi connectivity index (χ2n) is 5.75. The lowest BCUT2D eigenvalue weighted by atomic mass is 9.98. The van der Waals surface area contributed by atoms with Gasteiger partial charge in [-0.1, -0.05) is 12.8 Å². The van der Waals surface area contributed by atoms with E-state index in [2.05, 4.69) is 5.32 Å². The Morgan fingerprint density at radius 3 is 2.43 bits per heavy atom. The van der Waals surface area contributed by atoms with Crippen molar-refractivity contribution < 1.29 is 22.8 Å². The molecule has 1 aliphatic carbocycles. The summed E-state index contributed by atoms with van der Waals surface area (Å²) in [6, 6.07) is -2.62. The van der Waals surface area contributed by atoms with Crippen LogP contribution in [-0.2, 0) is 4.79 Å². The van der Waals surface area contributed by atoms with E-state index in [0.29, 0.717) is 19.4 Å². The van der Waals surface area contributed by atoms with Crippen LogP contribution in [0.25, 0.3) is 0 Å². The Balaban J connectivity index is 1.99. The third-order valence-corrected chi connectivity index (χ3v) is 4.25. The van der Waals surface area contributed by atoms with Crippen LogP contribution >= 0.6 is 0 Å². The van der Waals surface area contributed by atoms with Crippen molar-refractivity contribution in [1.82, 2.24) is 15.1 Å². The molecule has 120 valence electrons. The number of amides is 3. The molecule has 0 aromatic carbocycles. The summed E-state index contributed by atoms with van der Waals surface area (Å²) in [5, 5.41) is 2.10. The van der Waals surface area contributed by atoms with Gasteiger partial charge in [0.25, 0.3) is 0 Å². The van der Waals surface area contributed by atoms with Gasteiger partial charge in [0.1, 0.15) is 12.6 Å². The van der Waals surface area contributed by atoms with Gasteiger partial charge in [-0.15, -0.1) is 0 Å². The summed E-state index contributed by atoms with van der Waals surface area (Å²) in [6.45, 7) is 0.424. The molecule has 1 aliphatic heterocycles. The largest absolute Gasteiger partial charge is 0.408 e. The van der Waals surface area contributed by atoms with Crippen molar-refractivity contribution in [1.29, 1.82) is 0 Å². The van der Waals surface area contributed by atoms with Gasteiger partial charge in [-0.2, -0.15) is 13.2 Å². The molecule has 0 bridgehead atoms. The molecule has 1 heterocycles. The SMILES string of the molecule is CN1CCN(C(=O)NC(C2CCCC2)C(F)(F)F)CC1=O. The Morgan fingerprint density at radius 2 is 1.90 bits per heavy atom. The molecule has 2 rings (SSSR count). The monoisotopic (exact) mass is 307 g/mol. The molecule has 0 radical (unpaired) electrons. The number of alkyl halides is 3. The van der Waals surface area contributed by atoms with E-state index >= 15 is 0 Å². The van der Waals surface area contributed by atoms with E-state index in [1.165, 1.54) is 4.90 Å². The van der Waals surface area contributed by atoms with Gasteiger partial charge < -0.3 is 15.1 Å². The first-order valence-corrected chi connectivity index (χ1v) is 7.15. The molecule has 1 atom stereocenters. The summed E-state index contributed by atoms with van der Waals surface area (Å²) < 4.78 is 39.4. The fourth-order valence-electron chi connectivity index (χ4n) is 2.91. The summed E-state index contributed by atoms with van der Waals surface area (Å²) in [5.74, 6) is -0.821. The smallest absolute Gasteiger partial charge is 0.342 e. The van der Waals surface area contributed by atoms with Gasteiger partial charge in [0.05, 0.1) is 0 Å². The van der Waals surface area contributed by atoms with Gasteiger partial charge in [0.15, 0.2) is 0 Å². The number of carbonyl (C=O) groups is 2. The third kappa shape index (κ3) is 3.79. The number of carbonyl (C=O) groups excluding carboxylic acids is 2. The van der Waals surface area contributed by atoms with Crippen molar-refractivity contribution in [2.75, 3.05) is 26.7 Å². The van der Waals surface area contributed by atoms with Crippen LogP contribution in [0.4, 0.5) is 18.0 Å². The van der Waals surface area contributed by atoms with Crippen LogP contribution < -0.4 is 5.32 Å². The first kappa shape index (κ1) is 15.9. The lowest BCUT2D eigenvalue weighted by molar-refractivity contribution is -0.165. The molecular weight excluding hydrogens is 287 g/mol. The molecule has 2 fully saturated rings. The highest BCUT2D eigenvalue weighted by Crippen LogP contribution is 2.35. The summed E-state index contributed by atoms with van der Waals surface area (Å²) in [6.07, 6.45) is -1.97. The highest BCUT2D eigenvalue weighted by molar-refractivity contribution is 5.85. The number of nitrogens with zero attached hydrogens (tertiary/aromatic N) is 2. The fourth-order valence-corrected chi connectivity index (χ4v) is 2.91. The van der Waals surface area contributed by atoms with E-state index in [1.54, 1.807) is 7.05 Å². The first-order valence-electron chi connectivity index (χ1n) is 7.15. The van der Waals surface area contributed by atoms with Crippen LogP contribution in [0, 0.1) is 5.92 Å². The number of nitrogens with one attached hydrogen (secondary N) is 1. The van der Waals surface area contributed by atoms with E-state index in [4.69, 9.17) is 0 Å². The number of rotatable bonds is 2. The van der Waals surface area contributed by atoms with Crippen LogP contribution in [0.3, 0.4) is 0 Å². The molecule has 1 saturated carbocycles. The number of likely N-dealkylation sites (N-methyl/N-ethyl adjacent to an activating group) is 1. The predicted octanol–water partition coefficient (Wildman–Crippen LogP) is 1.59. The van der Waals surface area contributed by atoms with Gasteiger partial charge in [-0.05, 0) is 18.8 Å². The quantitative estimate of drug-likeness (QED) is 0.842. The highest BCUT2D eigenvalue weighted by atomic mass is 19.4. The van der Waals surface area contributed by atoms with Gasteiger partial charge in [0.2, 0.25) is 5.91 Å². The second-order valence-corrected chi connectivity index (χ2v) is 5.75. The van der Waals surface area contributed by atoms with Crippen LogP contribution in [0.2, 0.25) is 0 Å². The molecular formula is C13H20F3N3O2. The minimum atomic E-state index is -4.46. The molecule has 2 aliphatic rings. The van der Waals surface area contributed by atoms with Gasteiger partial charge in [0, 0.05) is 20.1 Å². The summed E-state index contributed by atoms with van der Waals surface area (Å²) in [5.41, 5.74) is 0. The summed E-state index contributed by atoms with van der Waals surface area (Å²) in [4.78, 5) is 26.1. The van der Waals surface area contributed by atoms with Crippen LogP contribution in [0.15, 0.2) is 0 Å². The van der Waals surface area contributed by atoms with Crippen molar-refractivity contribution in [2.45, 2.75) is 37.9 Å². The first-order chi connectivity index (χ1) is 9.79. The van der Waals surface area contributed by atoms with Crippen molar-refractivity contribution in [3.05, 3.63) is 0 Å². The number of urea groups is 1. The van der Waals surface area contributed by atoms with Crippen LogP contribution in [0.5, 0.6) is 0 Å². The molecule has 8 heteroatoms. The van der Waals surface area contributed by atoms with Crippen LogP contribution in [0.1, 0.15) is 25.7 Å². The van der Waals surface area contributed by atoms with Crippen molar-refractivity contribution >= 4 is 11.9 Å². The Kier molecular flexibility index (Phi) is 4.63. The standard InChI is InChI=1S/C13H20F3N3O2/c1-18-6-7-19(8-10(18)20)12(21)17-11(13(14,15)16)9-4-2-3-5-9/h9,11H,2-8H2,1H3,(H,17,21). The topological polar surface area (TPSA) is 52.6 Å². The van der Waals surface area contributed by atoms with E-state index in [1.807, 2.05) is 0 Å². The number of piperazine rings is 1. The maximum Gasteiger partial charge on any atom is 0.408 e. The second kappa shape index (κ2) is 6.11. The molecule has 5 nitrogen and oxygen atoms in total. The van der Waals surface area contributed by atoms with Crippen molar-refractivity contribution in [3.8, 4) is 0 Å². The zero-order chi connectivity index (χ0) is 15.6. The molecule has 1 N–H and O–H groups in total. The van der Waals surface area contributed by atoms with E-state index in [9.17, 15) is 22.8 Å². The van der Waals surface area contributed by atoms with E-state index < -0.39 is 24.2 Å². The Morgan fingerprint density at radius 1 is 1.29 bits per heavy atom. The molecule has 0 aromatic rings. The predicted molar refractivity (Wildman–Crippen MR) is 69.5 cm³/mol. The van der Waals surface area contributed by atoms with Crippen LogP contribution in [-0.4, -0.2) is 60.6 Å². The molecule has 1 unspecified atom stereocenters. The fraction of sp³-hybridized carbons (Fsp3) is 0.846. The highest BCUT2D eigenvalue weighted by Gasteiger charge is 2.46. The normalized spacial score (nSPS) is 22.6. The zero-order valence-electron chi connectivity index (χ0n) is 11.9. The maximum atomic E-state index is 13.1. The summed E-state index contributed by atoms with van der Waals surface area (Å²) in [7, 11) is 1.61. The zero-order valence-corrected chi connectivity index (χ0v) is 11.9. The number of hydrogen-bond acceptors (Lipinski definition) is 2. The average molecular weight is 307 g/mol. The minimum absolute atomic E-state index is 0.169. The molecule has 1 saturated heterocycles. The lowest BCUT2D eigenvalue weighted by Crippen LogP contribution is -2.58. The molecule has 0 aromatic heterocycles. The van der Waals surface area contributed by atoms with Gasteiger partial charge >= 0.3 is 12.2 Å². The van der Waals surface area contributed by atoms with Gasteiger partial charge in [-0.3, -0.25) is 4.79 Å². The number of halogens is 3. The minimum Gasteiger partial charge on any atom is -0.342 e. The average Bonchev–Trinajstić information content (AvgIpc) is 2.91. The number of hydrogen-bond donors (Lipinski definition) is 1. The Hall–Kier alpha value is -1.47. The lowest BCUT2D eigenvalue weighted by Gasteiger charge is -2.34. The maximum absolute atomic E-state index is 13.1. The molecule has 21 heavy (non-hydrogen) atoms. The van der Waals surface area contributed by atoms with E-state index in [0.717, 1.165) is 17.7 Å². The van der Waals surface area contributed by atoms with Gasteiger partial charge in [-0.25, -0.2) is 4.79 Å². The Labute approximate surface area is 121 Å². The van der Waals surface area contributed by atoms with E-state index in [-0.39, 0.29) is 19.0 Å². The Bertz CT molecular complexity index is 408. The molecule has 3 amide bonds. The third-order valence-electron chi connectivity index (χ3n) is 4.25. The summed E-state index contributed by atoms with van der Waals surface area (Å²) >= 11 is 0. The van der Waals surface area contributed by atoms with Crippen molar-refractivity contribution in [2.24, 2.45) is 5.92 Å². The molecule has 0 spiro atoms. The van der Waals surface area contributed by atoms with Crippen molar-refractivity contribution in [3.63, 3.8) is 0 Å².